The van der Waals surface area contributed by atoms with E-state index < -0.39 is 10.2 Å². The minimum absolute atomic E-state index is 0.350. The van der Waals surface area contributed by atoms with Gasteiger partial charge in [-0.25, -0.2) is 0 Å². The van der Waals surface area contributed by atoms with Crippen molar-refractivity contribution in [2.45, 2.75) is 25.7 Å². The minimum atomic E-state index is -3.54. The molecule has 118 valence electrons. The summed E-state index contributed by atoms with van der Waals surface area (Å²) in [7, 11) is -3.54. The molecule has 0 amide bonds. The quantitative estimate of drug-likeness (QED) is 0.834. The average Bonchev–Trinajstić information content (AvgIpc) is 2.76. The molecule has 0 radical (unpaired) electrons. The van der Waals surface area contributed by atoms with Gasteiger partial charge in [0.15, 0.2) is 0 Å². The summed E-state index contributed by atoms with van der Waals surface area (Å²) in [5.41, 5.74) is 5.87. The average molecular weight is 313 g/mol. The van der Waals surface area contributed by atoms with E-state index in [1.165, 1.54) is 4.31 Å². The number of hydrogen-bond acceptors (Lipinski definition) is 4. The summed E-state index contributed by atoms with van der Waals surface area (Å²) in [6.07, 6.45) is 3.99. The molecule has 2 rings (SSSR count). The van der Waals surface area contributed by atoms with Crippen molar-refractivity contribution in [3.8, 4) is 5.75 Å². The van der Waals surface area contributed by atoms with Gasteiger partial charge >= 0.3 is 10.2 Å². The lowest BCUT2D eigenvalue weighted by Crippen LogP contribution is -2.36. The van der Waals surface area contributed by atoms with Crippen molar-refractivity contribution in [1.29, 1.82) is 0 Å². The Morgan fingerprint density at radius 2 is 1.81 bits per heavy atom. The van der Waals surface area contributed by atoms with E-state index in [-0.39, 0.29) is 0 Å². The van der Waals surface area contributed by atoms with Crippen molar-refractivity contribution in [3.63, 3.8) is 0 Å². The first-order valence-electron chi connectivity index (χ1n) is 7.33. The highest BCUT2D eigenvalue weighted by molar-refractivity contribution is 7.90. The molecule has 1 saturated heterocycles. The van der Waals surface area contributed by atoms with Gasteiger partial charge in [-0.3, -0.25) is 4.72 Å². The zero-order valence-corrected chi connectivity index (χ0v) is 12.9. The van der Waals surface area contributed by atoms with Gasteiger partial charge in [0, 0.05) is 19.6 Å². The summed E-state index contributed by atoms with van der Waals surface area (Å²) < 4.78 is 34.5. The lowest BCUT2D eigenvalue weighted by Gasteiger charge is -2.21. The maximum atomic E-state index is 12.5. The topological polar surface area (TPSA) is 84.7 Å². The van der Waals surface area contributed by atoms with Crippen molar-refractivity contribution in [2.24, 2.45) is 5.73 Å². The summed E-state index contributed by atoms with van der Waals surface area (Å²) in [6.45, 7) is 1.87. The molecule has 6 nitrogen and oxygen atoms in total. The van der Waals surface area contributed by atoms with Crippen LogP contribution in [0.15, 0.2) is 24.3 Å². The lowest BCUT2D eigenvalue weighted by atomic mass is 10.2. The van der Waals surface area contributed by atoms with E-state index in [0.29, 0.717) is 37.7 Å². The first-order valence-corrected chi connectivity index (χ1v) is 8.77. The summed E-state index contributed by atoms with van der Waals surface area (Å²) in [4.78, 5) is 0. The van der Waals surface area contributed by atoms with E-state index in [1.54, 1.807) is 24.3 Å². The Morgan fingerprint density at radius 3 is 2.48 bits per heavy atom. The molecule has 21 heavy (non-hydrogen) atoms. The zero-order valence-electron chi connectivity index (χ0n) is 12.1. The predicted octanol–water partition coefficient (Wildman–Crippen LogP) is 1.56. The van der Waals surface area contributed by atoms with Crippen LogP contribution >= 0.6 is 0 Å². The fourth-order valence-corrected chi connectivity index (χ4v) is 3.65. The highest BCUT2D eigenvalue weighted by Crippen LogP contribution is 2.26. The molecule has 0 aliphatic carbocycles. The Morgan fingerprint density at radius 1 is 1.14 bits per heavy atom. The van der Waals surface area contributed by atoms with Gasteiger partial charge in [-0.05, 0) is 25.0 Å². The number of benzene rings is 1. The fraction of sp³-hybridized carbons (Fsp3) is 0.571. The second-order valence-electron chi connectivity index (χ2n) is 5.05. The second-order valence-corrected chi connectivity index (χ2v) is 6.72. The van der Waals surface area contributed by atoms with Gasteiger partial charge < -0.3 is 10.5 Å². The summed E-state index contributed by atoms with van der Waals surface area (Å²) in [5.74, 6) is 0.501. The van der Waals surface area contributed by atoms with Gasteiger partial charge in [0.25, 0.3) is 0 Å². The van der Waals surface area contributed by atoms with E-state index >= 15 is 0 Å². The Labute approximate surface area is 126 Å². The molecule has 0 bridgehead atoms. The molecule has 1 aromatic carbocycles. The molecule has 1 heterocycles. The van der Waals surface area contributed by atoms with E-state index in [0.717, 1.165) is 25.7 Å². The first-order chi connectivity index (χ1) is 10.1. The van der Waals surface area contributed by atoms with Crippen LogP contribution in [-0.2, 0) is 10.2 Å². The number of nitrogens with one attached hydrogen (secondary N) is 1. The number of nitrogens with zero attached hydrogens (tertiary/aromatic N) is 1. The second kappa shape index (κ2) is 7.63. The fourth-order valence-electron chi connectivity index (χ4n) is 2.33. The molecule has 0 saturated carbocycles. The van der Waals surface area contributed by atoms with Gasteiger partial charge in [0.1, 0.15) is 12.4 Å². The molecular weight excluding hydrogens is 290 g/mol. The van der Waals surface area contributed by atoms with Crippen LogP contribution in [0.25, 0.3) is 0 Å². The summed E-state index contributed by atoms with van der Waals surface area (Å²) in [5, 5.41) is 0. The summed E-state index contributed by atoms with van der Waals surface area (Å²) in [6, 6.07) is 7.00. The van der Waals surface area contributed by atoms with Crippen LogP contribution in [0, 0.1) is 0 Å². The van der Waals surface area contributed by atoms with E-state index in [4.69, 9.17) is 10.5 Å². The molecule has 1 aliphatic heterocycles. The van der Waals surface area contributed by atoms with Crippen LogP contribution in [0.4, 0.5) is 5.69 Å². The van der Waals surface area contributed by atoms with Gasteiger partial charge in [-0.1, -0.05) is 25.0 Å². The third kappa shape index (κ3) is 4.59. The molecule has 3 N–H and O–H groups in total. The van der Waals surface area contributed by atoms with E-state index in [1.807, 2.05) is 0 Å². The van der Waals surface area contributed by atoms with E-state index in [2.05, 4.69) is 4.72 Å². The maximum Gasteiger partial charge on any atom is 0.301 e. The largest absolute Gasteiger partial charge is 0.490 e. The van der Waals surface area contributed by atoms with E-state index in [9.17, 15) is 8.42 Å². The zero-order chi connectivity index (χ0) is 15.1. The SMILES string of the molecule is NCCOc1ccccc1NS(=O)(=O)N1CCCCCC1. The molecule has 0 aromatic heterocycles. The molecule has 1 fully saturated rings. The molecule has 0 atom stereocenters. The minimum Gasteiger partial charge on any atom is -0.490 e. The predicted molar refractivity (Wildman–Crippen MR) is 83.6 cm³/mol. The lowest BCUT2D eigenvalue weighted by molar-refractivity contribution is 0.330. The normalized spacial score (nSPS) is 17.2. The highest BCUT2D eigenvalue weighted by atomic mass is 32.2. The molecule has 0 spiro atoms. The standard InChI is InChI=1S/C14H23N3O3S/c15-9-12-20-14-8-4-3-7-13(14)16-21(18,19)17-10-5-1-2-6-11-17/h3-4,7-8,16H,1-2,5-6,9-12,15H2. The van der Waals surface area contributed by atoms with Crippen LogP contribution in [0.3, 0.4) is 0 Å². The number of nitrogens with two attached hydrogens (primary N) is 1. The van der Waals surface area contributed by atoms with Crippen LogP contribution in [0.2, 0.25) is 0 Å². The number of rotatable bonds is 6. The molecule has 1 aliphatic rings. The van der Waals surface area contributed by atoms with Crippen molar-refractivity contribution in [3.05, 3.63) is 24.3 Å². The van der Waals surface area contributed by atoms with Crippen molar-refractivity contribution < 1.29 is 13.2 Å². The highest BCUT2D eigenvalue weighted by Gasteiger charge is 2.23. The van der Waals surface area contributed by atoms with Gasteiger partial charge in [-0.2, -0.15) is 12.7 Å². The van der Waals surface area contributed by atoms with Gasteiger partial charge in [0.05, 0.1) is 5.69 Å². The molecule has 0 unspecified atom stereocenters. The van der Waals surface area contributed by atoms with Crippen LogP contribution in [0.1, 0.15) is 25.7 Å². The van der Waals surface area contributed by atoms with Crippen LogP contribution < -0.4 is 15.2 Å². The first kappa shape index (κ1) is 16.1. The maximum absolute atomic E-state index is 12.5. The van der Waals surface area contributed by atoms with Gasteiger partial charge in [-0.15, -0.1) is 0 Å². The van der Waals surface area contributed by atoms with Gasteiger partial charge in [0.2, 0.25) is 0 Å². The molecule has 7 heteroatoms. The van der Waals surface area contributed by atoms with Crippen molar-refractivity contribution in [1.82, 2.24) is 4.31 Å². The Kier molecular flexibility index (Phi) is 5.84. The number of para-hydroxylation sites is 2. The molecular formula is C14H23N3O3S. The third-order valence-corrected chi connectivity index (χ3v) is 4.93. The van der Waals surface area contributed by atoms with Crippen LogP contribution in [0.5, 0.6) is 5.75 Å². The van der Waals surface area contributed by atoms with Crippen molar-refractivity contribution >= 4 is 15.9 Å². The van der Waals surface area contributed by atoms with Crippen LogP contribution in [-0.4, -0.2) is 39.0 Å². The Hall–Kier alpha value is -1.31. The Bertz CT molecular complexity index is 540. The van der Waals surface area contributed by atoms with Crippen molar-refractivity contribution in [2.75, 3.05) is 31.0 Å². The third-order valence-electron chi connectivity index (χ3n) is 3.41. The molecule has 1 aromatic rings. The summed E-state index contributed by atoms with van der Waals surface area (Å²) >= 11 is 0. The Balaban J connectivity index is 2.12. The number of anilines is 1. The number of ether oxygens (including phenoxy) is 1. The smallest absolute Gasteiger partial charge is 0.301 e. The number of hydrogen-bond donors (Lipinski definition) is 2. The monoisotopic (exact) mass is 313 g/mol.